The number of anilines is 1. The van der Waals surface area contributed by atoms with Gasteiger partial charge in [-0.05, 0) is 19.9 Å². The highest BCUT2D eigenvalue weighted by molar-refractivity contribution is 7.13. The van der Waals surface area contributed by atoms with Gasteiger partial charge in [-0.15, -0.1) is 11.3 Å². The molecule has 15 heavy (non-hydrogen) atoms. The lowest BCUT2D eigenvalue weighted by molar-refractivity contribution is 0.658. The third-order valence-corrected chi connectivity index (χ3v) is 3.63. The van der Waals surface area contributed by atoms with E-state index in [1.54, 1.807) is 11.3 Å². The molecule has 0 aliphatic carbocycles. The summed E-state index contributed by atoms with van der Waals surface area (Å²) in [6, 6.07) is 0.558. The first-order valence-electron chi connectivity index (χ1n) is 5.57. The van der Waals surface area contributed by atoms with E-state index in [1.807, 2.05) is 0 Å². The van der Waals surface area contributed by atoms with Crippen molar-refractivity contribution in [3.8, 4) is 0 Å². The van der Waals surface area contributed by atoms with Crippen LogP contribution in [0.2, 0.25) is 0 Å². The largest absolute Gasteiger partial charge is 0.348 e. The fraction of sp³-hybridized carbons (Fsp3) is 0.727. The lowest BCUT2D eigenvalue weighted by atomic mass is 10.2. The summed E-state index contributed by atoms with van der Waals surface area (Å²) < 4.78 is 0. The van der Waals surface area contributed by atoms with Crippen molar-refractivity contribution in [2.75, 3.05) is 18.5 Å². The van der Waals surface area contributed by atoms with Crippen LogP contribution in [0.5, 0.6) is 0 Å². The SMILES string of the molecule is CCNCc1csc(N(C)C(C)CC)n1. The van der Waals surface area contributed by atoms with E-state index in [1.165, 1.54) is 0 Å². The highest BCUT2D eigenvalue weighted by Crippen LogP contribution is 2.21. The molecule has 1 atom stereocenters. The van der Waals surface area contributed by atoms with E-state index >= 15 is 0 Å². The average molecular weight is 227 g/mol. The third kappa shape index (κ3) is 3.47. The predicted octanol–water partition coefficient (Wildman–Crippen LogP) is 2.49. The molecule has 4 heteroatoms. The van der Waals surface area contributed by atoms with Gasteiger partial charge in [0.1, 0.15) is 0 Å². The minimum Gasteiger partial charge on any atom is -0.348 e. The Balaban J connectivity index is 2.58. The Morgan fingerprint density at radius 2 is 2.27 bits per heavy atom. The second kappa shape index (κ2) is 6.08. The zero-order chi connectivity index (χ0) is 11.3. The summed E-state index contributed by atoms with van der Waals surface area (Å²) in [4.78, 5) is 6.85. The van der Waals surface area contributed by atoms with Crippen molar-refractivity contribution >= 4 is 16.5 Å². The lowest BCUT2D eigenvalue weighted by Gasteiger charge is -2.22. The molecule has 0 radical (unpaired) electrons. The molecule has 0 saturated heterocycles. The van der Waals surface area contributed by atoms with Crippen LogP contribution in [0.3, 0.4) is 0 Å². The maximum Gasteiger partial charge on any atom is 0.185 e. The molecule has 0 aliphatic heterocycles. The highest BCUT2D eigenvalue weighted by Gasteiger charge is 2.11. The Morgan fingerprint density at radius 1 is 1.53 bits per heavy atom. The van der Waals surface area contributed by atoms with Gasteiger partial charge in [-0.2, -0.15) is 0 Å². The van der Waals surface area contributed by atoms with Crippen LogP contribution in [0.1, 0.15) is 32.9 Å². The normalized spacial score (nSPS) is 12.8. The van der Waals surface area contributed by atoms with Crippen molar-refractivity contribution in [1.29, 1.82) is 0 Å². The minimum atomic E-state index is 0.558. The third-order valence-electron chi connectivity index (χ3n) is 2.65. The van der Waals surface area contributed by atoms with E-state index in [0.717, 1.165) is 30.3 Å². The van der Waals surface area contributed by atoms with Gasteiger partial charge in [0.15, 0.2) is 5.13 Å². The van der Waals surface area contributed by atoms with E-state index in [-0.39, 0.29) is 0 Å². The maximum atomic E-state index is 4.60. The summed E-state index contributed by atoms with van der Waals surface area (Å²) >= 11 is 1.73. The van der Waals surface area contributed by atoms with Crippen LogP contribution in [0.25, 0.3) is 0 Å². The molecule has 0 fully saturated rings. The first-order valence-corrected chi connectivity index (χ1v) is 6.44. The fourth-order valence-corrected chi connectivity index (χ4v) is 2.15. The van der Waals surface area contributed by atoms with Gasteiger partial charge in [0.25, 0.3) is 0 Å². The predicted molar refractivity (Wildman–Crippen MR) is 67.7 cm³/mol. The maximum absolute atomic E-state index is 4.60. The van der Waals surface area contributed by atoms with E-state index in [0.29, 0.717) is 6.04 Å². The molecule has 1 N–H and O–H groups in total. The first-order chi connectivity index (χ1) is 7.19. The zero-order valence-electron chi connectivity index (χ0n) is 10.1. The number of aromatic nitrogens is 1. The van der Waals surface area contributed by atoms with Crippen LogP contribution in [-0.4, -0.2) is 24.6 Å². The number of rotatable bonds is 6. The minimum absolute atomic E-state index is 0.558. The number of nitrogens with zero attached hydrogens (tertiary/aromatic N) is 2. The Hall–Kier alpha value is -0.610. The summed E-state index contributed by atoms with van der Waals surface area (Å²) in [6.45, 7) is 8.41. The van der Waals surface area contributed by atoms with E-state index < -0.39 is 0 Å². The van der Waals surface area contributed by atoms with Crippen LogP contribution >= 0.6 is 11.3 Å². The van der Waals surface area contributed by atoms with Crippen LogP contribution in [0, 0.1) is 0 Å². The van der Waals surface area contributed by atoms with Gasteiger partial charge in [-0.1, -0.05) is 13.8 Å². The zero-order valence-corrected chi connectivity index (χ0v) is 10.9. The van der Waals surface area contributed by atoms with Gasteiger partial charge >= 0.3 is 0 Å². The van der Waals surface area contributed by atoms with Crippen molar-refractivity contribution in [3.05, 3.63) is 11.1 Å². The lowest BCUT2D eigenvalue weighted by Crippen LogP contribution is -2.27. The van der Waals surface area contributed by atoms with Crippen molar-refractivity contribution in [2.24, 2.45) is 0 Å². The van der Waals surface area contributed by atoms with Gasteiger partial charge in [0.2, 0.25) is 0 Å². The monoisotopic (exact) mass is 227 g/mol. The molecule has 86 valence electrons. The molecule has 0 bridgehead atoms. The quantitative estimate of drug-likeness (QED) is 0.809. The number of thiazole rings is 1. The van der Waals surface area contributed by atoms with Crippen molar-refractivity contribution in [2.45, 2.75) is 39.8 Å². The Morgan fingerprint density at radius 3 is 2.87 bits per heavy atom. The standard InChI is InChI=1S/C11H21N3S/c1-5-9(3)14(4)11-13-10(8-15-11)7-12-6-2/h8-9,12H,5-7H2,1-4H3. The highest BCUT2D eigenvalue weighted by atomic mass is 32.1. The van der Waals surface area contributed by atoms with E-state index in [9.17, 15) is 0 Å². The summed E-state index contributed by atoms with van der Waals surface area (Å²) in [7, 11) is 2.12. The fourth-order valence-electron chi connectivity index (χ4n) is 1.25. The molecule has 1 unspecified atom stereocenters. The van der Waals surface area contributed by atoms with Gasteiger partial charge in [-0.25, -0.2) is 4.98 Å². The second-order valence-corrected chi connectivity index (χ2v) is 4.61. The molecule has 1 rings (SSSR count). The summed E-state index contributed by atoms with van der Waals surface area (Å²) in [5.41, 5.74) is 1.15. The smallest absolute Gasteiger partial charge is 0.185 e. The van der Waals surface area contributed by atoms with E-state index in [2.05, 4.69) is 48.4 Å². The first kappa shape index (κ1) is 12.5. The van der Waals surface area contributed by atoms with Gasteiger partial charge < -0.3 is 10.2 Å². The van der Waals surface area contributed by atoms with Crippen LogP contribution < -0.4 is 10.2 Å². The van der Waals surface area contributed by atoms with Crippen molar-refractivity contribution < 1.29 is 0 Å². The Labute approximate surface area is 96.5 Å². The molecule has 3 nitrogen and oxygen atoms in total. The average Bonchev–Trinajstić information content (AvgIpc) is 2.72. The van der Waals surface area contributed by atoms with Crippen molar-refractivity contribution in [3.63, 3.8) is 0 Å². The molecule has 0 spiro atoms. The molecule has 1 aromatic rings. The topological polar surface area (TPSA) is 28.2 Å². The van der Waals surface area contributed by atoms with Gasteiger partial charge in [0, 0.05) is 25.0 Å². The molecule has 0 saturated carbocycles. The second-order valence-electron chi connectivity index (χ2n) is 3.77. The Bertz CT molecular complexity index is 285. The van der Waals surface area contributed by atoms with Crippen molar-refractivity contribution in [1.82, 2.24) is 10.3 Å². The van der Waals surface area contributed by atoms with Crippen LogP contribution in [0.4, 0.5) is 5.13 Å². The van der Waals surface area contributed by atoms with Gasteiger partial charge in [-0.3, -0.25) is 0 Å². The summed E-state index contributed by atoms with van der Waals surface area (Å²) in [6.07, 6.45) is 1.15. The van der Waals surface area contributed by atoms with E-state index in [4.69, 9.17) is 0 Å². The number of hydrogen-bond donors (Lipinski definition) is 1. The number of hydrogen-bond acceptors (Lipinski definition) is 4. The molecule has 1 aromatic heterocycles. The molecular weight excluding hydrogens is 206 g/mol. The summed E-state index contributed by atoms with van der Waals surface area (Å²) in [5.74, 6) is 0. The molecule has 0 aliphatic rings. The molecule has 0 amide bonds. The van der Waals surface area contributed by atoms with Crippen LogP contribution in [-0.2, 0) is 6.54 Å². The molecular formula is C11H21N3S. The van der Waals surface area contributed by atoms with Gasteiger partial charge in [0.05, 0.1) is 5.69 Å². The molecule has 1 heterocycles. The molecule has 0 aromatic carbocycles. The summed E-state index contributed by atoms with van der Waals surface area (Å²) in [5, 5.41) is 6.54. The van der Waals surface area contributed by atoms with Crippen LogP contribution in [0.15, 0.2) is 5.38 Å². The Kier molecular flexibility index (Phi) is 5.05. The number of nitrogens with one attached hydrogen (secondary N) is 1.